The number of rotatable bonds is 4. The molecule has 0 amide bonds. The molecule has 1 aromatic rings. The van der Waals surface area contributed by atoms with E-state index in [1.165, 1.54) is 49.0 Å². The van der Waals surface area contributed by atoms with Crippen LogP contribution in [0.5, 0.6) is 0 Å². The van der Waals surface area contributed by atoms with E-state index >= 15 is 0 Å². The first kappa shape index (κ1) is 13.7. The van der Waals surface area contributed by atoms with E-state index in [9.17, 15) is 0 Å². The number of hydrogen-bond donors (Lipinski definition) is 1. The largest absolute Gasteiger partial charge is 0.383 e. The SMILES string of the molecule is CN(CC1(N(C)C)CCC1)c1cccc2c1NCCC2. The molecule has 0 radical (unpaired) electrons. The summed E-state index contributed by atoms with van der Waals surface area (Å²) in [4.78, 5) is 4.88. The fourth-order valence-electron chi connectivity index (χ4n) is 3.67. The van der Waals surface area contributed by atoms with Crippen molar-refractivity contribution in [3.05, 3.63) is 23.8 Å². The summed E-state index contributed by atoms with van der Waals surface area (Å²) < 4.78 is 0. The van der Waals surface area contributed by atoms with Crippen molar-refractivity contribution in [1.29, 1.82) is 0 Å². The van der Waals surface area contributed by atoms with Gasteiger partial charge in [-0.1, -0.05) is 12.1 Å². The Morgan fingerprint density at radius 1 is 1.15 bits per heavy atom. The van der Waals surface area contributed by atoms with Crippen LogP contribution in [0.3, 0.4) is 0 Å². The zero-order valence-electron chi connectivity index (χ0n) is 13.1. The Labute approximate surface area is 123 Å². The summed E-state index contributed by atoms with van der Waals surface area (Å²) in [6.07, 6.45) is 6.49. The number of likely N-dealkylation sites (N-methyl/N-ethyl adjacent to an activating group) is 2. The summed E-state index contributed by atoms with van der Waals surface area (Å²) in [5.74, 6) is 0. The smallest absolute Gasteiger partial charge is 0.0610 e. The third kappa shape index (κ3) is 2.28. The van der Waals surface area contributed by atoms with Crippen molar-refractivity contribution >= 4 is 11.4 Å². The maximum atomic E-state index is 3.61. The molecule has 3 nitrogen and oxygen atoms in total. The lowest BCUT2D eigenvalue weighted by Crippen LogP contribution is -2.56. The molecule has 3 heteroatoms. The fourth-order valence-corrected chi connectivity index (χ4v) is 3.67. The zero-order chi connectivity index (χ0) is 14.2. The number of fused-ring (bicyclic) bond motifs is 1. The van der Waals surface area contributed by atoms with Crippen molar-refractivity contribution in [3.63, 3.8) is 0 Å². The Balaban J connectivity index is 1.82. The van der Waals surface area contributed by atoms with E-state index < -0.39 is 0 Å². The lowest BCUT2D eigenvalue weighted by molar-refractivity contribution is 0.0683. The highest BCUT2D eigenvalue weighted by molar-refractivity contribution is 5.74. The molecule has 0 bridgehead atoms. The van der Waals surface area contributed by atoms with Gasteiger partial charge in [-0.2, -0.15) is 0 Å². The minimum atomic E-state index is 0.381. The number of anilines is 2. The van der Waals surface area contributed by atoms with Gasteiger partial charge >= 0.3 is 0 Å². The standard InChI is InChI=1S/C17H27N3/c1-19(2)17(10-6-11-17)13-20(3)15-9-4-7-14-8-5-12-18-16(14)15/h4,7,9,18H,5-6,8,10-13H2,1-3H3. The second-order valence-electron chi connectivity index (χ2n) is 6.67. The van der Waals surface area contributed by atoms with Crippen LogP contribution in [0.15, 0.2) is 18.2 Å². The summed E-state index contributed by atoms with van der Waals surface area (Å²) >= 11 is 0. The molecule has 20 heavy (non-hydrogen) atoms. The molecule has 1 aliphatic heterocycles. The van der Waals surface area contributed by atoms with Gasteiger partial charge in [0.1, 0.15) is 0 Å². The second-order valence-corrected chi connectivity index (χ2v) is 6.67. The summed E-state index contributed by atoms with van der Waals surface area (Å²) in [5.41, 5.74) is 4.60. The van der Waals surface area contributed by atoms with Crippen LogP contribution in [0.4, 0.5) is 11.4 Å². The highest BCUT2D eigenvalue weighted by atomic mass is 15.2. The highest BCUT2D eigenvalue weighted by Gasteiger charge is 2.40. The second kappa shape index (κ2) is 5.28. The Hall–Kier alpha value is -1.22. The Kier molecular flexibility index (Phi) is 3.63. The van der Waals surface area contributed by atoms with Gasteiger partial charge < -0.3 is 15.1 Å². The minimum absolute atomic E-state index is 0.381. The lowest BCUT2D eigenvalue weighted by atomic mass is 9.75. The Bertz CT molecular complexity index is 477. The maximum Gasteiger partial charge on any atom is 0.0610 e. The number of nitrogens with one attached hydrogen (secondary N) is 1. The molecule has 1 saturated carbocycles. The van der Waals surface area contributed by atoms with Crippen LogP contribution in [0.2, 0.25) is 0 Å². The number of aryl methyl sites for hydroxylation is 1. The fraction of sp³-hybridized carbons (Fsp3) is 0.647. The van der Waals surface area contributed by atoms with Gasteiger partial charge in [0.15, 0.2) is 0 Å². The average molecular weight is 273 g/mol. The quantitative estimate of drug-likeness (QED) is 0.910. The monoisotopic (exact) mass is 273 g/mol. The molecule has 2 aliphatic rings. The predicted octanol–water partition coefficient (Wildman–Crippen LogP) is 2.97. The number of benzene rings is 1. The Morgan fingerprint density at radius 3 is 2.60 bits per heavy atom. The first-order valence-electron chi connectivity index (χ1n) is 7.87. The van der Waals surface area contributed by atoms with Crippen LogP contribution in [-0.2, 0) is 6.42 Å². The summed E-state index contributed by atoms with van der Waals surface area (Å²) in [7, 11) is 6.70. The Morgan fingerprint density at radius 2 is 1.95 bits per heavy atom. The zero-order valence-corrected chi connectivity index (χ0v) is 13.1. The molecule has 3 rings (SSSR count). The van der Waals surface area contributed by atoms with Crippen molar-refractivity contribution in [1.82, 2.24) is 4.90 Å². The van der Waals surface area contributed by atoms with E-state index in [-0.39, 0.29) is 0 Å². The van der Waals surface area contributed by atoms with Crippen LogP contribution in [-0.4, -0.2) is 44.7 Å². The van der Waals surface area contributed by atoms with Crippen LogP contribution in [0.25, 0.3) is 0 Å². The van der Waals surface area contributed by atoms with Crippen LogP contribution >= 0.6 is 0 Å². The molecule has 110 valence electrons. The van der Waals surface area contributed by atoms with Crippen LogP contribution in [0.1, 0.15) is 31.2 Å². The normalized spacial score (nSPS) is 20.0. The molecule has 1 aliphatic carbocycles. The van der Waals surface area contributed by atoms with Crippen molar-refractivity contribution in [3.8, 4) is 0 Å². The molecule has 0 atom stereocenters. The van der Waals surface area contributed by atoms with E-state index in [4.69, 9.17) is 0 Å². The van der Waals surface area contributed by atoms with E-state index in [0.717, 1.165) is 13.1 Å². The predicted molar refractivity (Wildman–Crippen MR) is 86.8 cm³/mol. The van der Waals surface area contributed by atoms with Gasteiger partial charge in [-0.3, -0.25) is 0 Å². The lowest BCUT2D eigenvalue weighted by Gasteiger charge is -2.49. The van der Waals surface area contributed by atoms with Crippen molar-refractivity contribution < 1.29 is 0 Å². The molecular formula is C17H27N3. The first-order valence-corrected chi connectivity index (χ1v) is 7.87. The molecule has 0 aromatic heterocycles. The third-order valence-electron chi connectivity index (χ3n) is 5.23. The van der Waals surface area contributed by atoms with Gasteiger partial charge in [0.05, 0.1) is 11.4 Å². The number of para-hydroxylation sites is 1. The van der Waals surface area contributed by atoms with Gasteiger partial charge in [-0.05, 0) is 57.8 Å². The van der Waals surface area contributed by atoms with Gasteiger partial charge in [-0.25, -0.2) is 0 Å². The van der Waals surface area contributed by atoms with Gasteiger partial charge in [0, 0.05) is 25.7 Å². The van der Waals surface area contributed by atoms with E-state index in [0.29, 0.717) is 5.54 Å². The van der Waals surface area contributed by atoms with Gasteiger partial charge in [0.2, 0.25) is 0 Å². The third-order valence-corrected chi connectivity index (χ3v) is 5.23. The molecule has 1 fully saturated rings. The number of hydrogen-bond acceptors (Lipinski definition) is 3. The molecule has 0 unspecified atom stereocenters. The average Bonchev–Trinajstić information content (AvgIpc) is 2.41. The molecule has 1 N–H and O–H groups in total. The molecule has 1 heterocycles. The van der Waals surface area contributed by atoms with Crippen LogP contribution < -0.4 is 10.2 Å². The maximum absolute atomic E-state index is 3.61. The summed E-state index contributed by atoms with van der Waals surface area (Å²) in [5, 5.41) is 3.61. The van der Waals surface area contributed by atoms with Crippen LogP contribution in [0, 0.1) is 0 Å². The molecule has 1 aromatic carbocycles. The van der Waals surface area contributed by atoms with E-state index in [2.05, 4.69) is 54.5 Å². The molecule has 0 spiro atoms. The molecule has 0 saturated heterocycles. The van der Waals surface area contributed by atoms with Crippen molar-refractivity contribution in [2.45, 2.75) is 37.6 Å². The van der Waals surface area contributed by atoms with Gasteiger partial charge in [-0.15, -0.1) is 0 Å². The van der Waals surface area contributed by atoms with Crippen molar-refractivity contribution in [2.24, 2.45) is 0 Å². The summed E-state index contributed by atoms with van der Waals surface area (Å²) in [6.45, 7) is 2.23. The molecular weight excluding hydrogens is 246 g/mol. The van der Waals surface area contributed by atoms with Gasteiger partial charge in [0.25, 0.3) is 0 Å². The van der Waals surface area contributed by atoms with Crippen molar-refractivity contribution in [2.75, 3.05) is 44.4 Å². The number of nitrogens with zero attached hydrogens (tertiary/aromatic N) is 2. The van der Waals surface area contributed by atoms with E-state index in [1.54, 1.807) is 0 Å². The summed E-state index contributed by atoms with van der Waals surface area (Å²) in [6, 6.07) is 6.74. The highest BCUT2D eigenvalue weighted by Crippen LogP contribution is 2.39. The first-order chi connectivity index (χ1) is 9.62. The topological polar surface area (TPSA) is 18.5 Å². The minimum Gasteiger partial charge on any atom is -0.383 e. The van der Waals surface area contributed by atoms with E-state index in [1.807, 2.05) is 0 Å².